The predicted molar refractivity (Wildman–Crippen MR) is 124 cm³/mol. The average molecular weight is 537 g/mol. The molecule has 1 aliphatic rings. The normalized spacial score (nSPS) is 18.3. The first-order valence-electron chi connectivity index (χ1n) is 10.2. The summed E-state index contributed by atoms with van der Waals surface area (Å²) in [6.45, 7) is 6.04. The van der Waals surface area contributed by atoms with Crippen LogP contribution >= 0.6 is 23.5 Å². The van der Waals surface area contributed by atoms with Crippen LogP contribution in [0.1, 0.15) is 41.5 Å². The number of esters is 5. The molecule has 1 heterocycles. The fourth-order valence-corrected chi connectivity index (χ4v) is 4.84. The van der Waals surface area contributed by atoms with Gasteiger partial charge in [0.2, 0.25) is 5.91 Å². The zero-order valence-electron chi connectivity index (χ0n) is 20.3. The van der Waals surface area contributed by atoms with Crippen LogP contribution in [-0.4, -0.2) is 87.8 Å². The number of rotatable bonds is 10. The van der Waals surface area contributed by atoms with Crippen molar-refractivity contribution in [3.8, 4) is 0 Å². The van der Waals surface area contributed by atoms with Gasteiger partial charge in [-0.1, -0.05) is 11.8 Å². The van der Waals surface area contributed by atoms with Gasteiger partial charge in [0.1, 0.15) is 12.0 Å². The highest BCUT2D eigenvalue weighted by atomic mass is 32.2. The number of thioether (sulfide) groups is 2. The Bertz CT molecular complexity index is 879. The number of ether oxygens (including phenoxy) is 5. The maximum Gasteiger partial charge on any atom is 0.303 e. The first-order valence-corrected chi connectivity index (χ1v) is 12.3. The fourth-order valence-electron chi connectivity index (χ4n) is 3.01. The highest BCUT2D eigenvalue weighted by molar-refractivity contribution is 8.39. The molecule has 0 bridgehead atoms. The first-order chi connectivity index (χ1) is 16.3. The number of nitrogens with zero attached hydrogens (tertiary/aromatic N) is 2. The lowest BCUT2D eigenvalue weighted by molar-refractivity contribution is -0.204. The second-order valence-electron chi connectivity index (χ2n) is 7.11. The van der Waals surface area contributed by atoms with Crippen molar-refractivity contribution in [2.24, 2.45) is 5.10 Å². The second-order valence-corrected chi connectivity index (χ2v) is 9.27. The van der Waals surface area contributed by atoms with Gasteiger partial charge in [0.05, 0.1) is 0 Å². The van der Waals surface area contributed by atoms with Crippen LogP contribution in [0.15, 0.2) is 5.10 Å². The van der Waals surface area contributed by atoms with Crippen LogP contribution in [0, 0.1) is 0 Å². The Labute approximate surface area is 210 Å². The zero-order chi connectivity index (χ0) is 26.9. The van der Waals surface area contributed by atoms with E-state index < -0.39 is 72.2 Å². The molecule has 0 fully saturated rings. The van der Waals surface area contributed by atoms with Gasteiger partial charge in [-0.3, -0.25) is 28.8 Å². The van der Waals surface area contributed by atoms with Crippen molar-refractivity contribution in [2.75, 3.05) is 12.9 Å². The van der Waals surface area contributed by atoms with Gasteiger partial charge in [0, 0.05) is 41.5 Å². The molecule has 0 aliphatic carbocycles. The van der Waals surface area contributed by atoms with E-state index in [1.54, 1.807) is 6.26 Å². The van der Waals surface area contributed by atoms with Crippen LogP contribution in [0.4, 0.5) is 0 Å². The Balaban J connectivity index is 3.64. The van der Waals surface area contributed by atoms with Gasteiger partial charge in [0.25, 0.3) is 0 Å². The summed E-state index contributed by atoms with van der Waals surface area (Å²) in [5, 5.41) is 4.19. The molecule has 5 atom stereocenters. The van der Waals surface area contributed by atoms with Crippen molar-refractivity contribution in [3.63, 3.8) is 0 Å². The minimum atomic E-state index is -1.60. The Hall–Kier alpha value is -2.81. The van der Waals surface area contributed by atoms with Crippen molar-refractivity contribution in [1.82, 2.24) is 5.01 Å². The monoisotopic (exact) mass is 536 g/mol. The van der Waals surface area contributed by atoms with Gasteiger partial charge >= 0.3 is 29.8 Å². The molecule has 0 radical (unpaired) electrons. The third kappa shape index (κ3) is 9.76. The Morgan fingerprint density at radius 3 is 1.77 bits per heavy atom. The summed E-state index contributed by atoms with van der Waals surface area (Å²) in [4.78, 5) is 71.6. The lowest BCUT2D eigenvalue weighted by Crippen LogP contribution is -2.57. The Morgan fingerprint density at radius 2 is 1.34 bits per heavy atom. The highest BCUT2D eigenvalue weighted by Gasteiger charge is 2.51. The minimum absolute atomic E-state index is 0.449. The van der Waals surface area contributed by atoms with Crippen LogP contribution in [0.2, 0.25) is 0 Å². The van der Waals surface area contributed by atoms with Gasteiger partial charge in [-0.05, 0) is 6.26 Å². The van der Waals surface area contributed by atoms with E-state index in [9.17, 15) is 28.8 Å². The lowest BCUT2D eigenvalue weighted by atomic mass is 10.0. The van der Waals surface area contributed by atoms with Crippen molar-refractivity contribution in [2.45, 2.75) is 71.3 Å². The van der Waals surface area contributed by atoms with Gasteiger partial charge < -0.3 is 23.7 Å². The Kier molecular flexibility index (Phi) is 12.0. The van der Waals surface area contributed by atoms with E-state index in [2.05, 4.69) is 5.10 Å². The molecule has 0 saturated carbocycles. The van der Waals surface area contributed by atoms with Crippen LogP contribution in [0.25, 0.3) is 0 Å². The van der Waals surface area contributed by atoms with Crippen LogP contribution < -0.4 is 0 Å². The van der Waals surface area contributed by atoms with E-state index in [4.69, 9.17) is 23.7 Å². The number of amides is 1. The second kappa shape index (κ2) is 13.9. The quantitative estimate of drug-likeness (QED) is 0.285. The molecule has 35 heavy (non-hydrogen) atoms. The number of hydrazone groups is 1. The number of carbonyl (C=O) groups is 6. The third-order valence-corrected chi connectivity index (χ3v) is 6.33. The summed E-state index contributed by atoms with van der Waals surface area (Å²) < 4.78 is 26.8. The molecule has 13 nitrogen and oxygen atoms in total. The van der Waals surface area contributed by atoms with Crippen molar-refractivity contribution >= 4 is 63.7 Å². The number of carbonyl (C=O) groups excluding carboxylic acids is 6. The van der Waals surface area contributed by atoms with Gasteiger partial charge in [-0.15, -0.1) is 11.8 Å². The molecule has 0 N–H and O–H groups in total. The van der Waals surface area contributed by atoms with E-state index in [0.29, 0.717) is 4.38 Å². The molecule has 1 amide bonds. The fraction of sp³-hybridized carbons (Fsp3) is 0.650. The van der Waals surface area contributed by atoms with E-state index in [1.807, 2.05) is 0 Å². The topological polar surface area (TPSA) is 164 Å². The summed E-state index contributed by atoms with van der Waals surface area (Å²) in [5.74, 6) is -4.58. The standard InChI is InChI=1S/C20H28N2O11S2/c1-9(23)22-19(35-20(21-22)34-7)18(33-14(6)28)17(32-13(5)27)16(31-12(4)26)15(30-11(3)25)8-29-10(2)24/h15-19H,8H2,1-7H3. The molecule has 15 heteroatoms. The van der Waals surface area contributed by atoms with E-state index >= 15 is 0 Å². The SMILES string of the molecule is CSC1=NN(C(C)=O)C(C(OC(C)=O)C(OC(C)=O)C(OC(C)=O)C(COC(C)=O)OC(C)=O)S1. The average Bonchev–Trinajstić information content (AvgIpc) is 3.16. The van der Waals surface area contributed by atoms with Crippen LogP contribution in [0.3, 0.4) is 0 Å². The van der Waals surface area contributed by atoms with E-state index in [-0.39, 0.29) is 0 Å². The van der Waals surface area contributed by atoms with Gasteiger partial charge in [0.15, 0.2) is 28.8 Å². The largest absolute Gasteiger partial charge is 0.462 e. The molecule has 0 saturated heterocycles. The van der Waals surface area contributed by atoms with Crippen LogP contribution in [0.5, 0.6) is 0 Å². The molecular weight excluding hydrogens is 508 g/mol. The molecule has 0 spiro atoms. The number of hydrogen-bond donors (Lipinski definition) is 0. The van der Waals surface area contributed by atoms with E-state index in [1.165, 1.54) is 18.7 Å². The molecule has 1 rings (SSSR count). The highest BCUT2D eigenvalue weighted by Crippen LogP contribution is 2.37. The lowest BCUT2D eigenvalue weighted by Gasteiger charge is -2.38. The molecule has 0 aromatic heterocycles. The van der Waals surface area contributed by atoms with Gasteiger partial charge in [-0.2, -0.15) is 5.10 Å². The molecule has 0 aromatic rings. The van der Waals surface area contributed by atoms with Gasteiger partial charge in [-0.25, -0.2) is 5.01 Å². The van der Waals surface area contributed by atoms with E-state index in [0.717, 1.165) is 51.4 Å². The predicted octanol–water partition coefficient (Wildman–Crippen LogP) is 0.832. The summed E-state index contributed by atoms with van der Waals surface area (Å²) in [6, 6.07) is 0. The maximum atomic E-state index is 12.3. The minimum Gasteiger partial charge on any atom is -0.462 e. The van der Waals surface area contributed by atoms with Crippen LogP contribution in [-0.2, 0) is 52.5 Å². The summed E-state index contributed by atoms with van der Waals surface area (Å²) >= 11 is 2.27. The summed E-state index contributed by atoms with van der Waals surface area (Å²) in [5.41, 5.74) is 0. The van der Waals surface area contributed by atoms with Crippen molar-refractivity contribution in [1.29, 1.82) is 0 Å². The molecule has 0 aromatic carbocycles. The van der Waals surface area contributed by atoms with Crippen molar-refractivity contribution in [3.05, 3.63) is 0 Å². The molecule has 1 aliphatic heterocycles. The Morgan fingerprint density at radius 1 is 0.829 bits per heavy atom. The number of hydrogen-bond acceptors (Lipinski definition) is 14. The molecule has 5 unspecified atom stereocenters. The third-order valence-electron chi connectivity index (χ3n) is 4.12. The first kappa shape index (κ1) is 30.2. The molecule has 196 valence electrons. The summed E-state index contributed by atoms with van der Waals surface area (Å²) in [6.07, 6.45) is -4.39. The van der Waals surface area contributed by atoms with Crippen molar-refractivity contribution < 1.29 is 52.5 Å². The summed E-state index contributed by atoms with van der Waals surface area (Å²) in [7, 11) is 0. The zero-order valence-corrected chi connectivity index (χ0v) is 21.9. The smallest absolute Gasteiger partial charge is 0.303 e. The maximum absolute atomic E-state index is 12.3. The molecular formula is C20H28N2O11S2.